The normalized spacial score (nSPS) is 18.0. The Hall–Kier alpha value is -5.15. The Kier molecular flexibility index (Phi) is 12.9. The van der Waals surface area contributed by atoms with Crippen LogP contribution in [0.5, 0.6) is 5.88 Å². The Morgan fingerprint density at radius 2 is 1.59 bits per heavy atom. The lowest BCUT2D eigenvalue weighted by Crippen LogP contribution is -2.56. The zero-order chi connectivity index (χ0) is 36.3. The number of carbonyl (C=O) groups excluding carboxylic acids is 6. The van der Waals surface area contributed by atoms with Crippen molar-refractivity contribution in [2.45, 2.75) is 76.9 Å². The first kappa shape index (κ1) is 37.1. The minimum atomic E-state index is -1.10. The average Bonchev–Trinajstić information content (AvgIpc) is 3.79. The second-order valence-electron chi connectivity index (χ2n) is 12.7. The summed E-state index contributed by atoms with van der Waals surface area (Å²) >= 11 is 0. The summed E-state index contributed by atoms with van der Waals surface area (Å²) in [6.07, 6.45) is 3.67. The Bertz CT molecular complexity index is 1550. The number of aromatic nitrogens is 2. The van der Waals surface area contributed by atoms with Crippen molar-refractivity contribution in [1.82, 2.24) is 35.1 Å². The number of para-hydroxylation sites is 1. The van der Waals surface area contributed by atoms with E-state index in [-0.39, 0.29) is 88.3 Å². The van der Waals surface area contributed by atoms with Crippen molar-refractivity contribution in [3.8, 4) is 11.6 Å². The van der Waals surface area contributed by atoms with Gasteiger partial charge in [-0.05, 0) is 64.5 Å². The number of likely N-dealkylation sites (tertiary alicyclic amines) is 1. The predicted molar refractivity (Wildman–Crippen MR) is 182 cm³/mol. The van der Waals surface area contributed by atoms with E-state index in [0.29, 0.717) is 25.1 Å². The van der Waals surface area contributed by atoms with Gasteiger partial charge in [0.15, 0.2) is 12.3 Å². The van der Waals surface area contributed by atoms with Crippen LogP contribution >= 0.6 is 0 Å². The van der Waals surface area contributed by atoms with Crippen molar-refractivity contribution in [2.24, 2.45) is 0 Å². The van der Waals surface area contributed by atoms with Crippen molar-refractivity contribution in [3.05, 3.63) is 42.1 Å². The maximum atomic E-state index is 13.7. The quantitative estimate of drug-likeness (QED) is 0.274. The number of carbonyl (C=O) groups is 6. The molecule has 0 unspecified atom stereocenters. The van der Waals surface area contributed by atoms with Crippen molar-refractivity contribution in [1.29, 1.82) is 0 Å². The van der Waals surface area contributed by atoms with E-state index >= 15 is 0 Å². The zero-order valence-electron chi connectivity index (χ0n) is 29.2. The van der Waals surface area contributed by atoms with Crippen LogP contribution in [-0.4, -0.2) is 131 Å². The smallest absolute Gasteiger partial charge is 0.409 e. The van der Waals surface area contributed by atoms with E-state index in [2.05, 4.69) is 15.7 Å². The maximum Gasteiger partial charge on any atom is 0.409 e. The average molecular weight is 710 g/mol. The molecule has 2 N–H and O–H groups in total. The SMILES string of the molecule is CCOC(=O)CC[C@H](NC(=O)c1cc(OCC(=O)N2CCC[C@H]2C(=O)NC2CCC2)n(-c2ccccc2)n1)C(=O)N1CCN(C(=O)OCC)CC1. The van der Waals surface area contributed by atoms with Crippen LogP contribution < -0.4 is 15.4 Å². The van der Waals surface area contributed by atoms with Gasteiger partial charge in [0, 0.05) is 51.3 Å². The number of hydrogen-bond donors (Lipinski definition) is 2. The molecule has 1 aliphatic carbocycles. The van der Waals surface area contributed by atoms with Crippen LogP contribution in [0.4, 0.5) is 4.79 Å². The summed E-state index contributed by atoms with van der Waals surface area (Å²) in [6.45, 7) is 4.82. The molecule has 0 bridgehead atoms. The highest BCUT2D eigenvalue weighted by molar-refractivity contribution is 5.96. The molecule has 1 saturated carbocycles. The van der Waals surface area contributed by atoms with Gasteiger partial charge in [-0.3, -0.25) is 24.0 Å². The van der Waals surface area contributed by atoms with Gasteiger partial charge in [-0.1, -0.05) is 18.2 Å². The first-order chi connectivity index (χ1) is 24.7. The van der Waals surface area contributed by atoms with Crippen molar-refractivity contribution in [3.63, 3.8) is 0 Å². The number of esters is 1. The van der Waals surface area contributed by atoms with E-state index in [1.807, 2.05) is 6.07 Å². The molecule has 2 aromatic rings. The van der Waals surface area contributed by atoms with E-state index in [1.54, 1.807) is 38.1 Å². The number of piperazine rings is 1. The molecule has 51 heavy (non-hydrogen) atoms. The molecular formula is C35H47N7O9. The molecule has 3 aliphatic rings. The third-order valence-corrected chi connectivity index (χ3v) is 9.24. The van der Waals surface area contributed by atoms with E-state index in [1.165, 1.54) is 25.4 Å². The topological polar surface area (TPSA) is 182 Å². The Morgan fingerprint density at radius 3 is 2.25 bits per heavy atom. The van der Waals surface area contributed by atoms with Gasteiger partial charge in [0.25, 0.3) is 11.8 Å². The number of benzene rings is 1. The standard InChI is InChI=1S/C35H47N7O9/c1-3-49-31(44)16-15-26(34(47)39-18-20-40(21-19-39)35(48)50-4-2)37-32(45)27-22-30(42(38-27)25-12-6-5-7-13-25)51-23-29(43)41-17-9-14-28(41)33(46)36-24-10-8-11-24/h5-7,12-13,22,24,26,28H,3-4,8-11,14-21,23H2,1-2H3,(H,36,46)(H,37,45)/t26-,28-/m0/s1. The van der Waals surface area contributed by atoms with Gasteiger partial charge in [-0.15, -0.1) is 0 Å². The van der Waals surface area contributed by atoms with Gasteiger partial charge in [-0.2, -0.15) is 5.10 Å². The van der Waals surface area contributed by atoms with E-state index in [9.17, 15) is 28.8 Å². The molecule has 3 heterocycles. The molecule has 3 fully saturated rings. The first-order valence-corrected chi connectivity index (χ1v) is 17.7. The number of nitrogens with one attached hydrogen (secondary N) is 2. The molecule has 2 aliphatic heterocycles. The van der Waals surface area contributed by atoms with Crippen LogP contribution in [-0.2, 0) is 28.7 Å². The molecule has 5 rings (SSSR count). The highest BCUT2D eigenvalue weighted by atomic mass is 16.6. The summed E-state index contributed by atoms with van der Waals surface area (Å²) in [6, 6.07) is 8.79. The zero-order valence-corrected chi connectivity index (χ0v) is 29.2. The molecule has 16 nitrogen and oxygen atoms in total. The molecule has 0 spiro atoms. The van der Waals surface area contributed by atoms with Crippen LogP contribution in [0.2, 0.25) is 0 Å². The van der Waals surface area contributed by atoms with Crippen LogP contribution in [0.25, 0.3) is 5.69 Å². The fourth-order valence-electron chi connectivity index (χ4n) is 6.27. The number of hydrogen-bond acceptors (Lipinski definition) is 10. The van der Waals surface area contributed by atoms with Gasteiger partial charge in [-0.25, -0.2) is 9.48 Å². The van der Waals surface area contributed by atoms with Gasteiger partial charge in [0.2, 0.25) is 17.7 Å². The predicted octanol–water partition coefficient (Wildman–Crippen LogP) is 1.65. The molecule has 16 heteroatoms. The molecule has 2 atom stereocenters. The van der Waals surface area contributed by atoms with Gasteiger partial charge < -0.3 is 39.5 Å². The van der Waals surface area contributed by atoms with E-state index in [4.69, 9.17) is 14.2 Å². The lowest BCUT2D eigenvalue weighted by Gasteiger charge is -2.35. The highest BCUT2D eigenvalue weighted by Gasteiger charge is 2.36. The highest BCUT2D eigenvalue weighted by Crippen LogP contribution is 2.24. The second-order valence-corrected chi connectivity index (χ2v) is 12.7. The molecular weight excluding hydrogens is 662 g/mol. The summed E-state index contributed by atoms with van der Waals surface area (Å²) in [4.78, 5) is 82.6. The number of rotatable bonds is 14. The minimum Gasteiger partial charge on any atom is -0.467 e. The molecule has 2 saturated heterocycles. The summed E-state index contributed by atoms with van der Waals surface area (Å²) in [5, 5.41) is 10.2. The van der Waals surface area contributed by atoms with Gasteiger partial charge in [0.1, 0.15) is 12.1 Å². The fourth-order valence-corrected chi connectivity index (χ4v) is 6.27. The van der Waals surface area contributed by atoms with Crippen molar-refractivity contribution >= 4 is 35.7 Å². The summed E-state index contributed by atoms with van der Waals surface area (Å²) < 4.78 is 17.5. The third kappa shape index (κ3) is 9.55. The number of amides is 5. The monoisotopic (exact) mass is 709 g/mol. The molecule has 276 valence electrons. The minimum absolute atomic E-state index is 0.0237. The lowest BCUT2D eigenvalue weighted by atomic mass is 9.93. The van der Waals surface area contributed by atoms with Gasteiger partial charge >= 0.3 is 12.1 Å². The van der Waals surface area contributed by atoms with Crippen molar-refractivity contribution < 1.29 is 43.0 Å². The second kappa shape index (κ2) is 17.7. The molecule has 0 radical (unpaired) electrons. The molecule has 1 aromatic carbocycles. The maximum absolute atomic E-state index is 13.7. The Labute approximate surface area is 296 Å². The number of ether oxygens (including phenoxy) is 3. The third-order valence-electron chi connectivity index (χ3n) is 9.24. The molecule has 1 aromatic heterocycles. The van der Waals surface area contributed by atoms with E-state index < -0.39 is 36.0 Å². The van der Waals surface area contributed by atoms with E-state index in [0.717, 1.165) is 19.3 Å². The Morgan fingerprint density at radius 1 is 0.882 bits per heavy atom. The fraction of sp³-hybridized carbons (Fsp3) is 0.571. The van der Waals surface area contributed by atoms with Crippen LogP contribution in [0, 0.1) is 0 Å². The number of nitrogens with zero attached hydrogens (tertiary/aromatic N) is 5. The summed E-state index contributed by atoms with van der Waals surface area (Å²) in [5.74, 6) is -2.01. The van der Waals surface area contributed by atoms with Crippen molar-refractivity contribution in [2.75, 3.05) is 52.5 Å². The molecule has 5 amide bonds. The Balaban J connectivity index is 1.28. The summed E-state index contributed by atoms with van der Waals surface area (Å²) in [7, 11) is 0. The largest absolute Gasteiger partial charge is 0.467 e. The van der Waals surface area contributed by atoms with Crippen LogP contribution in [0.3, 0.4) is 0 Å². The lowest BCUT2D eigenvalue weighted by molar-refractivity contribution is -0.143. The van der Waals surface area contributed by atoms with Gasteiger partial charge in [0.05, 0.1) is 18.9 Å². The first-order valence-electron chi connectivity index (χ1n) is 17.7. The van der Waals surface area contributed by atoms with Crippen LogP contribution in [0.1, 0.15) is 69.3 Å². The van der Waals surface area contributed by atoms with Crippen LogP contribution in [0.15, 0.2) is 36.4 Å². The summed E-state index contributed by atoms with van der Waals surface area (Å²) in [5.41, 5.74) is 0.480.